The second-order valence-corrected chi connectivity index (χ2v) is 23.7. The quantitative estimate of drug-likeness (QED) is 0.0459. The van der Waals surface area contributed by atoms with Crippen LogP contribution in [0.1, 0.15) is 79.9 Å². The molecule has 1 aliphatic carbocycles. The van der Waals surface area contributed by atoms with Crippen LogP contribution in [0.15, 0.2) is 36.5 Å². The molecule has 0 unspecified atom stereocenters. The number of fused-ring (bicyclic) bond motifs is 1. The number of halogens is 2. The van der Waals surface area contributed by atoms with E-state index < -0.39 is 6.10 Å². The third kappa shape index (κ3) is 28.4. The first-order valence-electron chi connectivity index (χ1n) is 31.3. The van der Waals surface area contributed by atoms with Gasteiger partial charge in [-0.1, -0.05) is 35.4 Å². The number of carbonyl (C=O) groups is 3. The van der Waals surface area contributed by atoms with E-state index in [1.54, 1.807) is 4.68 Å². The third-order valence-corrected chi connectivity index (χ3v) is 17.4. The molecule has 4 amide bonds. The largest absolute Gasteiger partial charge is 0.377 e. The average molecular weight is 1300 g/mol. The van der Waals surface area contributed by atoms with Crippen molar-refractivity contribution in [3.05, 3.63) is 64.2 Å². The van der Waals surface area contributed by atoms with Crippen LogP contribution in [0, 0.1) is 6.92 Å². The number of amides is 4. The van der Waals surface area contributed by atoms with Crippen molar-refractivity contribution >= 4 is 53.6 Å². The maximum absolute atomic E-state index is 13.5. The first-order chi connectivity index (χ1) is 42.7. The van der Waals surface area contributed by atoms with E-state index in [1.807, 2.05) is 41.8 Å². The van der Waals surface area contributed by atoms with E-state index in [9.17, 15) is 14.4 Å². The Bertz CT molecular complexity index is 2340. The standard InChI is InChI=1S/C60H97ClN10O15S.ClH/c1-46-39-53(67-69(46)2)48-9-13-51(14-10-48)71-43-55(86-44-52(71)40-47-7-11-49(61)12-8-47)59(73)63-41-50-42-70(68-66-50)16-18-76-20-22-78-24-26-80-28-30-82-32-34-84-36-38-85-37-35-83-33-31-81-29-27-79-25-23-77-21-19-75-17-15-62-57(72)6-4-3-5-56-58-54(45-87-56)64-60(74)65-58;/h7-8,11-12,39,42,48,51-52,54-56,58H,3-6,9-10,13-38,40-41,43-45H2,1-2H3,(H,62,72)(H,63,73)(H2,64,65,74);1H/t48?,51?,52-,54-,55+,56-,58-;/m0./s1. The predicted octanol–water partition coefficient (Wildman–Crippen LogP) is 4.07. The smallest absolute Gasteiger partial charge is 0.315 e. The van der Waals surface area contributed by atoms with E-state index in [0.29, 0.717) is 201 Å². The van der Waals surface area contributed by atoms with E-state index >= 15 is 0 Å². The zero-order valence-electron chi connectivity index (χ0n) is 51.7. The van der Waals surface area contributed by atoms with Gasteiger partial charge in [-0.15, -0.1) is 17.5 Å². The third-order valence-electron chi connectivity index (χ3n) is 15.6. The molecule has 5 atom stereocenters. The van der Waals surface area contributed by atoms with Crippen molar-refractivity contribution in [1.82, 2.24) is 50.9 Å². The lowest BCUT2D eigenvalue weighted by Crippen LogP contribution is -2.58. The molecule has 4 fully saturated rings. The molecule has 0 bridgehead atoms. The van der Waals surface area contributed by atoms with E-state index in [1.165, 1.54) is 17.0 Å². The van der Waals surface area contributed by atoms with Crippen LogP contribution < -0.4 is 21.3 Å². The number of urea groups is 1. The summed E-state index contributed by atoms with van der Waals surface area (Å²) < 4.78 is 71.2. The molecule has 498 valence electrons. The number of ether oxygens (including phenoxy) is 12. The molecule has 1 aromatic carbocycles. The molecule has 7 rings (SSSR count). The normalized spacial score (nSPS) is 21.0. The molecule has 28 heteroatoms. The van der Waals surface area contributed by atoms with Gasteiger partial charge in [0.15, 0.2) is 0 Å². The minimum atomic E-state index is -0.582. The summed E-state index contributed by atoms with van der Waals surface area (Å²) in [5, 5.41) is 26.3. The summed E-state index contributed by atoms with van der Waals surface area (Å²) in [5.74, 6) is 1.30. The van der Waals surface area contributed by atoms with Gasteiger partial charge < -0.3 is 78.1 Å². The number of benzene rings is 1. The molecule has 1 saturated carbocycles. The molecule has 0 radical (unpaired) electrons. The van der Waals surface area contributed by atoms with Crippen LogP contribution in [0.2, 0.25) is 5.02 Å². The SMILES string of the molecule is Cc1cc(C2CCC(N3C[C@H](C(=O)NCc4cn(CCOCCOCCOCCOCCOCCOCCOCCOCCOCCOCCOCCNC(=O)CCCC[C@@H]5SC[C@@H]6NC(=O)N[C@@H]65)nn4)OC[C@@H]3Cc3ccc(Cl)cc3)CC2)nn1C.Cl. The Kier molecular flexibility index (Phi) is 36.5. The van der Waals surface area contributed by atoms with Gasteiger partial charge in [-0.05, 0) is 75.6 Å². The highest BCUT2D eigenvalue weighted by Crippen LogP contribution is 2.37. The van der Waals surface area contributed by atoms with Gasteiger partial charge in [-0.3, -0.25) is 19.2 Å². The molecule has 0 spiro atoms. The van der Waals surface area contributed by atoms with Gasteiger partial charge in [0.2, 0.25) is 5.91 Å². The van der Waals surface area contributed by atoms with Crippen molar-refractivity contribution in [1.29, 1.82) is 0 Å². The van der Waals surface area contributed by atoms with Crippen LogP contribution in [-0.2, 0) is 93.0 Å². The lowest BCUT2D eigenvalue weighted by atomic mass is 9.82. The Labute approximate surface area is 534 Å². The van der Waals surface area contributed by atoms with Crippen molar-refractivity contribution in [3.63, 3.8) is 0 Å². The van der Waals surface area contributed by atoms with Gasteiger partial charge in [-0.25, -0.2) is 9.48 Å². The molecule has 3 aliphatic heterocycles. The zero-order valence-corrected chi connectivity index (χ0v) is 54.1. The zero-order chi connectivity index (χ0) is 60.9. The number of nitrogens with one attached hydrogen (secondary N) is 4. The second kappa shape index (κ2) is 43.9. The number of morpholine rings is 1. The number of thioether (sulfide) groups is 1. The number of nitrogens with zero attached hydrogens (tertiary/aromatic N) is 6. The lowest BCUT2D eigenvalue weighted by molar-refractivity contribution is -0.145. The minimum absolute atomic E-state index is 0. The molecule has 3 aromatic rings. The lowest BCUT2D eigenvalue weighted by Gasteiger charge is -2.45. The van der Waals surface area contributed by atoms with E-state index in [0.717, 1.165) is 62.1 Å². The maximum atomic E-state index is 13.5. The number of unbranched alkanes of at least 4 members (excludes halogenated alkanes) is 1. The summed E-state index contributed by atoms with van der Waals surface area (Å²) in [7, 11) is 2.00. The molecule has 25 nitrogen and oxygen atoms in total. The van der Waals surface area contributed by atoms with Crippen LogP contribution >= 0.6 is 35.8 Å². The molecule has 3 saturated heterocycles. The second-order valence-electron chi connectivity index (χ2n) is 22.0. The minimum Gasteiger partial charge on any atom is -0.377 e. The van der Waals surface area contributed by atoms with Crippen LogP contribution in [0.25, 0.3) is 0 Å². The summed E-state index contributed by atoms with van der Waals surface area (Å²) in [5.41, 5.74) is 4.22. The molecular weight excluding hydrogens is 1200 g/mol. The highest BCUT2D eigenvalue weighted by Gasteiger charge is 2.43. The number of rotatable bonds is 48. The van der Waals surface area contributed by atoms with Crippen LogP contribution in [0.4, 0.5) is 4.79 Å². The molecule has 2 aromatic heterocycles. The fourth-order valence-corrected chi connectivity index (χ4v) is 12.5. The monoisotopic (exact) mass is 1300 g/mol. The van der Waals surface area contributed by atoms with Crippen molar-refractivity contribution < 1.29 is 71.2 Å². The Morgan fingerprint density at radius 3 is 1.81 bits per heavy atom. The summed E-state index contributed by atoms with van der Waals surface area (Å²) in [6.45, 7) is 14.5. The fraction of sp³-hybridized carbons (Fsp3) is 0.767. The van der Waals surface area contributed by atoms with Gasteiger partial charge in [0.1, 0.15) is 11.8 Å². The van der Waals surface area contributed by atoms with Gasteiger partial charge in [-0.2, -0.15) is 16.9 Å². The molecular formula is C60H98Cl2N10O15S. The van der Waals surface area contributed by atoms with Crippen molar-refractivity contribution in [2.45, 2.75) is 119 Å². The van der Waals surface area contributed by atoms with Crippen molar-refractivity contribution in [2.24, 2.45) is 7.05 Å². The molecule has 4 N–H and O–H groups in total. The van der Waals surface area contributed by atoms with Crippen molar-refractivity contribution in [3.8, 4) is 0 Å². The number of aryl methyl sites for hydroxylation is 2. The summed E-state index contributed by atoms with van der Waals surface area (Å²) in [4.78, 5) is 39.7. The maximum Gasteiger partial charge on any atom is 0.315 e. The average Bonchev–Trinajstić information content (AvgIpc) is 2.46. The number of carbonyl (C=O) groups excluding carboxylic acids is 3. The molecule has 88 heavy (non-hydrogen) atoms. The van der Waals surface area contributed by atoms with E-state index in [-0.39, 0.29) is 54.9 Å². The van der Waals surface area contributed by atoms with Gasteiger partial charge in [0.25, 0.3) is 5.91 Å². The van der Waals surface area contributed by atoms with E-state index in [2.05, 4.69) is 61.6 Å². The topological polar surface area (TPSA) is 262 Å². The predicted molar refractivity (Wildman–Crippen MR) is 333 cm³/mol. The number of aromatic nitrogens is 5. The number of hydrogen-bond donors (Lipinski definition) is 4. The Hall–Kier alpha value is -3.81. The molecule has 4 aliphatic rings. The van der Waals surface area contributed by atoms with Gasteiger partial charge >= 0.3 is 6.03 Å². The van der Waals surface area contributed by atoms with Gasteiger partial charge in [0.05, 0.1) is 189 Å². The van der Waals surface area contributed by atoms with Crippen LogP contribution in [-0.4, -0.2) is 254 Å². The van der Waals surface area contributed by atoms with Crippen LogP contribution in [0.3, 0.4) is 0 Å². The fourth-order valence-electron chi connectivity index (χ4n) is 10.8. The van der Waals surface area contributed by atoms with E-state index in [4.69, 9.17) is 73.5 Å². The van der Waals surface area contributed by atoms with Crippen LogP contribution in [0.5, 0.6) is 0 Å². The molecule has 5 heterocycles. The summed E-state index contributed by atoms with van der Waals surface area (Å²) in [6, 6.07) is 11.1. The first kappa shape index (κ1) is 73.2. The summed E-state index contributed by atoms with van der Waals surface area (Å²) in [6.07, 6.45) is 9.61. The summed E-state index contributed by atoms with van der Waals surface area (Å²) >= 11 is 8.10. The highest BCUT2D eigenvalue weighted by atomic mass is 35.5. The Morgan fingerprint density at radius 1 is 0.716 bits per heavy atom. The highest BCUT2D eigenvalue weighted by molar-refractivity contribution is 8.00. The Morgan fingerprint density at radius 2 is 1.26 bits per heavy atom. The van der Waals surface area contributed by atoms with Gasteiger partial charge in [0, 0.05) is 66.3 Å². The Balaban J connectivity index is 0.0000124. The number of hydrogen-bond acceptors (Lipinski definition) is 20. The first-order valence-corrected chi connectivity index (χ1v) is 32.7. The van der Waals surface area contributed by atoms with Crippen molar-refractivity contribution in [2.75, 3.05) is 171 Å².